The molecule has 0 saturated heterocycles. The van der Waals surface area contributed by atoms with Crippen LogP contribution in [0.1, 0.15) is 46.0 Å². The highest BCUT2D eigenvalue weighted by Crippen LogP contribution is 1.96. The smallest absolute Gasteiger partial charge is 0.305 e. The number of unbranched alkanes of at least 4 members (excludes halogenated alkanes) is 2. The number of allylic oxidation sites excluding steroid dienone is 1. The summed E-state index contributed by atoms with van der Waals surface area (Å²) in [6.45, 7) is 4.51. The fraction of sp³-hybridized carbons (Fsp3) is 0.727. The molecule has 0 rings (SSSR count). The van der Waals surface area contributed by atoms with E-state index in [-0.39, 0.29) is 5.97 Å². The maximum Gasteiger partial charge on any atom is 0.305 e. The van der Waals surface area contributed by atoms with Gasteiger partial charge in [-0.3, -0.25) is 4.79 Å². The topological polar surface area (TPSA) is 26.3 Å². The average molecular weight is 184 g/mol. The molecule has 0 aliphatic heterocycles. The van der Waals surface area contributed by atoms with E-state index in [9.17, 15) is 4.79 Å². The standard InChI is InChI=1S/C11H20O2/c1-3-5-6-7-8-9-10-13-11(12)4-2/h7-8H,3-6,9-10H2,1-2H3. The van der Waals surface area contributed by atoms with Gasteiger partial charge in [0.25, 0.3) is 0 Å². The Labute approximate surface area is 81.0 Å². The van der Waals surface area contributed by atoms with E-state index < -0.39 is 0 Å². The predicted octanol–water partition coefficient (Wildman–Crippen LogP) is 3.08. The van der Waals surface area contributed by atoms with Gasteiger partial charge in [-0.25, -0.2) is 0 Å². The van der Waals surface area contributed by atoms with Gasteiger partial charge in [-0.1, -0.05) is 38.8 Å². The van der Waals surface area contributed by atoms with Crippen LogP contribution in [0.15, 0.2) is 12.2 Å². The lowest BCUT2D eigenvalue weighted by molar-refractivity contribution is -0.143. The van der Waals surface area contributed by atoms with E-state index in [0.29, 0.717) is 13.0 Å². The third-order valence-electron chi connectivity index (χ3n) is 1.73. The van der Waals surface area contributed by atoms with Crippen LogP contribution in [-0.2, 0) is 9.53 Å². The van der Waals surface area contributed by atoms with Crippen LogP contribution in [0.3, 0.4) is 0 Å². The Bertz CT molecular complexity index is 150. The molecule has 13 heavy (non-hydrogen) atoms. The van der Waals surface area contributed by atoms with Crippen molar-refractivity contribution in [2.75, 3.05) is 6.61 Å². The van der Waals surface area contributed by atoms with Gasteiger partial charge in [-0.2, -0.15) is 0 Å². The zero-order valence-electron chi connectivity index (χ0n) is 8.71. The van der Waals surface area contributed by atoms with Crippen molar-refractivity contribution in [1.82, 2.24) is 0 Å². The second-order valence-electron chi connectivity index (χ2n) is 2.98. The lowest BCUT2D eigenvalue weighted by Crippen LogP contribution is -2.02. The molecule has 0 atom stereocenters. The van der Waals surface area contributed by atoms with Crippen molar-refractivity contribution in [1.29, 1.82) is 0 Å². The van der Waals surface area contributed by atoms with Gasteiger partial charge in [0, 0.05) is 6.42 Å². The summed E-state index contributed by atoms with van der Waals surface area (Å²) in [6.07, 6.45) is 9.16. The molecule has 0 aromatic carbocycles. The van der Waals surface area contributed by atoms with Gasteiger partial charge >= 0.3 is 5.97 Å². The largest absolute Gasteiger partial charge is 0.465 e. The summed E-state index contributed by atoms with van der Waals surface area (Å²) in [5.41, 5.74) is 0. The second-order valence-corrected chi connectivity index (χ2v) is 2.98. The summed E-state index contributed by atoms with van der Waals surface area (Å²) in [6, 6.07) is 0. The number of carbonyl (C=O) groups excluding carboxylic acids is 1. The van der Waals surface area contributed by atoms with Gasteiger partial charge in [-0.05, 0) is 12.8 Å². The minimum atomic E-state index is -0.109. The first kappa shape index (κ1) is 12.2. The van der Waals surface area contributed by atoms with E-state index in [1.54, 1.807) is 6.92 Å². The molecule has 0 amide bonds. The molecular formula is C11H20O2. The monoisotopic (exact) mass is 184 g/mol. The molecule has 0 spiro atoms. The van der Waals surface area contributed by atoms with Gasteiger partial charge in [0.2, 0.25) is 0 Å². The number of ether oxygens (including phenoxy) is 1. The Kier molecular flexibility index (Phi) is 8.73. The number of hydrogen-bond donors (Lipinski definition) is 0. The number of carbonyl (C=O) groups is 1. The molecule has 2 nitrogen and oxygen atoms in total. The van der Waals surface area contributed by atoms with Gasteiger partial charge in [0.05, 0.1) is 6.61 Å². The summed E-state index contributed by atoms with van der Waals surface area (Å²) in [5, 5.41) is 0. The molecule has 0 unspecified atom stereocenters. The zero-order chi connectivity index (χ0) is 9.94. The molecule has 0 saturated carbocycles. The lowest BCUT2D eigenvalue weighted by atomic mass is 10.2. The summed E-state index contributed by atoms with van der Waals surface area (Å²) in [4.78, 5) is 10.7. The van der Waals surface area contributed by atoms with Crippen molar-refractivity contribution < 1.29 is 9.53 Å². The van der Waals surface area contributed by atoms with Crippen molar-refractivity contribution in [2.24, 2.45) is 0 Å². The molecule has 0 fully saturated rings. The predicted molar refractivity (Wildman–Crippen MR) is 54.5 cm³/mol. The Morgan fingerprint density at radius 3 is 2.54 bits per heavy atom. The zero-order valence-corrected chi connectivity index (χ0v) is 8.71. The minimum Gasteiger partial charge on any atom is -0.465 e. The second kappa shape index (κ2) is 9.30. The molecule has 0 aromatic heterocycles. The third kappa shape index (κ3) is 9.12. The number of rotatable bonds is 7. The molecule has 0 aromatic rings. The van der Waals surface area contributed by atoms with Crippen LogP contribution in [0.4, 0.5) is 0 Å². The fourth-order valence-corrected chi connectivity index (χ4v) is 0.901. The highest BCUT2D eigenvalue weighted by molar-refractivity contribution is 5.68. The molecule has 2 heteroatoms. The number of hydrogen-bond acceptors (Lipinski definition) is 2. The first-order chi connectivity index (χ1) is 6.31. The minimum absolute atomic E-state index is 0.109. The van der Waals surface area contributed by atoms with Crippen LogP contribution in [0.5, 0.6) is 0 Å². The van der Waals surface area contributed by atoms with Crippen molar-refractivity contribution >= 4 is 5.97 Å². The third-order valence-corrected chi connectivity index (χ3v) is 1.73. The Morgan fingerprint density at radius 1 is 1.23 bits per heavy atom. The van der Waals surface area contributed by atoms with Crippen molar-refractivity contribution in [3.8, 4) is 0 Å². The van der Waals surface area contributed by atoms with Crippen LogP contribution in [0, 0.1) is 0 Å². The first-order valence-corrected chi connectivity index (χ1v) is 5.11. The molecule has 0 radical (unpaired) electrons. The van der Waals surface area contributed by atoms with Gasteiger partial charge < -0.3 is 4.74 Å². The summed E-state index contributed by atoms with van der Waals surface area (Å²) in [5.74, 6) is -0.109. The molecule has 0 aliphatic rings. The SMILES string of the molecule is CCCCC=CCCOC(=O)CC. The normalized spacial score (nSPS) is 10.6. The van der Waals surface area contributed by atoms with Crippen molar-refractivity contribution in [3.05, 3.63) is 12.2 Å². The van der Waals surface area contributed by atoms with E-state index in [1.807, 2.05) is 0 Å². The van der Waals surface area contributed by atoms with Crippen LogP contribution < -0.4 is 0 Å². The summed E-state index contributed by atoms with van der Waals surface area (Å²) in [7, 11) is 0. The van der Waals surface area contributed by atoms with Gasteiger partial charge in [0.15, 0.2) is 0 Å². The molecule has 0 bridgehead atoms. The molecular weight excluding hydrogens is 164 g/mol. The van der Waals surface area contributed by atoms with E-state index in [2.05, 4.69) is 19.1 Å². The van der Waals surface area contributed by atoms with Crippen LogP contribution in [0.2, 0.25) is 0 Å². The highest BCUT2D eigenvalue weighted by Gasteiger charge is 1.94. The van der Waals surface area contributed by atoms with Gasteiger partial charge in [0.1, 0.15) is 0 Å². The molecule has 0 aliphatic carbocycles. The highest BCUT2D eigenvalue weighted by atomic mass is 16.5. The van der Waals surface area contributed by atoms with E-state index in [1.165, 1.54) is 12.8 Å². The van der Waals surface area contributed by atoms with Crippen molar-refractivity contribution in [2.45, 2.75) is 46.0 Å². The average Bonchev–Trinajstić information content (AvgIpc) is 2.16. The van der Waals surface area contributed by atoms with Gasteiger partial charge in [-0.15, -0.1) is 0 Å². The lowest BCUT2D eigenvalue weighted by Gasteiger charge is -1.98. The Hall–Kier alpha value is -0.790. The van der Waals surface area contributed by atoms with Crippen molar-refractivity contribution in [3.63, 3.8) is 0 Å². The van der Waals surface area contributed by atoms with Crippen LogP contribution in [0.25, 0.3) is 0 Å². The molecule has 0 N–H and O–H groups in total. The summed E-state index contributed by atoms with van der Waals surface area (Å²) >= 11 is 0. The van der Waals surface area contributed by atoms with Crippen LogP contribution in [-0.4, -0.2) is 12.6 Å². The molecule has 0 heterocycles. The quantitative estimate of drug-likeness (QED) is 0.345. The maximum atomic E-state index is 10.7. The fourth-order valence-electron chi connectivity index (χ4n) is 0.901. The maximum absolute atomic E-state index is 10.7. The van der Waals surface area contributed by atoms with E-state index in [4.69, 9.17) is 4.74 Å². The first-order valence-electron chi connectivity index (χ1n) is 5.11. The van der Waals surface area contributed by atoms with Crippen LogP contribution >= 0.6 is 0 Å². The Balaban J connectivity index is 3.15. The molecule has 76 valence electrons. The summed E-state index contributed by atoms with van der Waals surface area (Å²) < 4.78 is 4.91. The van der Waals surface area contributed by atoms with E-state index >= 15 is 0 Å². The van der Waals surface area contributed by atoms with E-state index in [0.717, 1.165) is 12.8 Å². The number of esters is 1. The Morgan fingerprint density at radius 2 is 1.92 bits per heavy atom.